The molecule has 0 saturated carbocycles. The summed E-state index contributed by atoms with van der Waals surface area (Å²) in [5, 5.41) is 4.13. The van der Waals surface area contributed by atoms with Crippen LogP contribution in [-0.2, 0) is 17.8 Å². The SMILES string of the molecule is O=C(NC1CCCc2ccccc21)C1CCN(Cc2cccc(Cl)c2)CC1. The second kappa shape index (κ2) is 8.45. The molecule has 1 fully saturated rings. The molecule has 2 aromatic carbocycles. The van der Waals surface area contributed by atoms with Gasteiger partial charge in [0.1, 0.15) is 0 Å². The Hall–Kier alpha value is -1.84. The van der Waals surface area contributed by atoms with Gasteiger partial charge in [0.25, 0.3) is 0 Å². The Kier molecular flexibility index (Phi) is 5.80. The van der Waals surface area contributed by atoms with E-state index in [1.807, 2.05) is 18.2 Å². The van der Waals surface area contributed by atoms with Gasteiger partial charge >= 0.3 is 0 Å². The average molecular weight is 383 g/mol. The van der Waals surface area contributed by atoms with Crippen molar-refractivity contribution in [1.29, 1.82) is 0 Å². The topological polar surface area (TPSA) is 32.3 Å². The molecule has 1 aliphatic heterocycles. The maximum atomic E-state index is 12.8. The molecule has 2 aromatic rings. The monoisotopic (exact) mass is 382 g/mol. The second-order valence-corrected chi connectivity index (χ2v) is 8.27. The number of rotatable bonds is 4. The molecule has 1 N–H and O–H groups in total. The van der Waals surface area contributed by atoms with Crippen LogP contribution in [0.25, 0.3) is 0 Å². The van der Waals surface area contributed by atoms with Crippen LogP contribution in [-0.4, -0.2) is 23.9 Å². The first-order valence-electron chi connectivity index (χ1n) is 10.0. The van der Waals surface area contributed by atoms with Crippen LogP contribution >= 0.6 is 11.6 Å². The van der Waals surface area contributed by atoms with Gasteiger partial charge in [0, 0.05) is 17.5 Å². The standard InChI is InChI=1S/C23H27ClN2O/c24-20-8-3-5-17(15-20)16-26-13-11-19(12-14-26)23(27)25-22-10-4-7-18-6-1-2-9-21(18)22/h1-3,5-6,8-9,15,19,22H,4,7,10-14,16H2,(H,25,27). The molecule has 3 nitrogen and oxygen atoms in total. The van der Waals surface area contributed by atoms with E-state index in [-0.39, 0.29) is 17.9 Å². The van der Waals surface area contributed by atoms with E-state index in [1.165, 1.54) is 16.7 Å². The second-order valence-electron chi connectivity index (χ2n) is 7.83. The van der Waals surface area contributed by atoms with Gasteiger partial charge in [-0.15, -0.1) is 0 Å². The Labute approximate surface area is 166 Å². The Bertz CT molecular complexity index is 798. The number of carbonyl (C=O) groups is 1. The first kappa shape index (κ1) is 18.5. The molecule has 1 saturated heterocycles. The van der Waals surface area contributed by atoms with Gasteiger partial charge in [0.05, 0.1) is 6.04 Å². The third-order valence-electron chi connectivity index (χ3n) is 5.94. The van der Waals surface area contributed by atoms with E-state index in [0.29, 0.717) is 0 Å². The van der Waals surface area contributed by atoms with Crippen molar-refractivity contribution in [3.05, 3.63) is 70.2 Å². The number of nitrogens with zero attached hydrogens (tertiary/aromatic N) is 1. The lowest BCUT2D eigenvalue weighted by atomic mass is 9.87. The highest BCUT2D eigenvalue weighted by atomic mass is 35.5. The number of amides is 1. The molecule has 0 radical (unpaired) electrons. The fraction of sp³-hybridized carbons (Fsp3) is 0.435. The molecule has 0 aromatic heterocycles. The van der Waals surface area contributed by atoms with E-state index in [2.05, 4.69) is 40.5 Å². The molecule has 0 spiro atoms. The van der Waals surface area contributed by atoms with Crippen LogP contribution in [0, 0.1) is 5.92 Å². The van der Waals surface area contributed by atoms with Gasteiger partial charge in [-0.25, -0.2) is 0 Å². The Morgan fingerprint density at radius 1 is 1.07 bits per heavy atom. The van der Waals surface area contributed by atoms with Gasteiger partial charge < -0.3 is 5.32 Å². The van der Waals surface area contributed by atoms with Crippen LogP contribution in [0.1, 0.15) is 48.4 Å². The molecule has 1 heterocycles. The molecule has 2 aliphatic rings. The normalized spacial score (nSPS) is 20.9. The molecule has 4 heteroatoms. The lowest BCUT2D eigenvalue weighted by molar-refractivity contribution is -0.127. The van der Waals surface area contributed by atoms with Gasteiger partial charge in [-0.05, 0) is 74.0 Å². The van der Waals surface area contributed by atoms with Crippen molar-refractivity contribution in [3.63, 3.8) is 0 Å². The minimum atomic E-state index is 0.134. The summed E-state index contributed by atoms with van der Waals surface area (Å²) in [4.78, 5) is 15.3. The number of aryl methyl sites for hydroxylation is 1. The third kappa shape index (κ3) is 4.53. The molecule has 1 unspecified atom stereocenters. The van der Waals surface area contributed by atoms with Crippen molar-refractivity contribution in [3.8, 4) is 0 Å². The zero-order valence-corrected chi connectivity index (χ0v) is 16.4. The predicted molar refractivity (Wildman–Crippen MR) is 110 cm³/mol. The quantitative estimate of drug-likeness (QED) is 0.827. The lowest BCUT2D eigenvalue weighted by Gasteiger charge is -2.33. The molecule has 27 heavy (non-hydrogen) atoms. The number of nitrogens with one attached hydrogen (secondary N) is 1. The molecule has 142 valence electrons. The van der Waals surface area contributed by atoms with Gasteiger partial charge in [-0.2, -0.15) is 0 Å². The highest BCUT2D eigenvalue weighted by Crippen LogP contribution is 2.30. The average Bonchev–Trinajstić information content (AvgIpc) is 2.69. The summed E-state index contributed by atoms with van der Waals surface area (Å²) in [6, 6.07) is 16.8. The summed E-state index contributed by atoms with van der Waals surface area (Å²) in [7, 11) is 0. The lowest BCUT2D eigenvalue weighted by Crippen LogP contribution is -2.41. The summed E-state index contributed by atoms with van der Waals surface area (Å²) >= 11 is 6.08. The number of hydrogen-bond acceptors (Lipinski definition) is 2. The summed E-state index contributed by atoms with van der Waals surface area (Å²) < 4.78 is 0. The van der Waals surface area contributed by atoms with Crippen molar-refractivity contribution in [2.45, 2.75) is 44.7 Å². The summed E-state index contributed by atoms with van der Waals surface area (Å²) in [6.45, 7) is 2.84. The van der Waals surface area contributed by atoms with E-state index in [1.54, 1.807) is 0 Å². The number of fused-ring (bicyclic) bond motifs is 1. The van der Waals surface area contributed by atoms with Gasteiger partial charge in [0.2, 0.25) is 5.91 Å². The van der Waals surface area contributed by atoms with E-state index >= 15 is 0 Å². The number of hydrogen-bond donors (Lipinski definition) is 1. The largest absolute Gasteiger partial charge is 0.349 e. The molecule has 0 bridgehead atoms. The molecule has 1 aliphatic carbocycles. The molecule has 1 amide bonds. The first-order valence-corrected chi connectivity index (χ1v) is 10.4. The van der Waals surface area contributed by atoms with Crippen LogP contribution in [0.15, 0.2) is 48.5 Å². The van der Waals surface area contributed by atoms with Crippen LogP contribution in [0.2, 0.25) is 5.02 Å². The number of carbonyl (C=O) groups excluding carboxylic acids is 1. The molecule has 4 rings (SSSR count). The number of likely N-dealkylation sites (tertiary alicyclic amines) is 1. The Balaban J connectivity index is 1.30. The fourth-order valence-corrected chi connectivity index (χ4v) is 4.65. The van der Waals surface area contributed by atoms with Crippen LogP contribution in [0.4, 0.5) is 0 Å². The van der Waals surface area contributed by atoms with Crippen molar-refractivity contribution in [1.82, 2.24) is 10.2 Å². The van der Waals surface area contributed by atoms with Crippen LogP contribution < -0.4 is 5.32 Å². The van der Waals surface area contributed by atoms with E-state index in [9.17, 15) is 4.79 Å². The zero-order chi connectivity index (χ0) is 18.6. The smallest absolute Gasteiger partial charge is 0.223 e. The molecule has 1 atom stereocenters. The molecular formula is C23H27ClN2O. The van der Waals surface area contributed by atoms with E-state index in [0.717, 1.165) is 56.8 Å². The van der Waals surface area contributed by atoms with Gasteiger partial charge in [0.15, 0.2) is 0 Å². The van der Waals surface area contributed by atoms with Crippen molar-refractivity contribution >= 4 is 17.5 Å². The number of halogens is 1. The van der Waals surface area contributed by atoms with E-state index < -0.39 is 0 Å². The van der Waals surface area contributed by atoms with Crippen molar-refractivity contribution in [2.24, 2.45) is 5.92 Å². The number of piperidine rings is 1. The van der Waals surface area contributed by atoms with Gasteiger partial charge in [-0.3, -0.25) is 9.69 Å². The minimum absolute atomic E-state index is 0.134. The summed E-state index contributed by atoms with van der Waals surface area (Å²) in [5.74, 6) is 0.369. The van der Waals surface area contributed by atoms with Crippen LogP contribution in [0.5, 0.6) is 0 Å². The maximum Gasteiger partial charge on any atom is 0.223 e. The summed E-state index contributed by atoms with van der Waals surface area (Å²) in [6.07, 6.45) is 5.20. The highest BCUT2D eigenvalue weighted by Gasteiger charge is 2.28. The molecular weight excluding hydrogens is 356 g/mol. The third-order valence-corrected chi connectivity index (χ3v) is 6.17. The maximum absolute atomic E-state index is 12.8. The van der Waals surface area contributed by atoms with Crippen molar-refractivity contribution in [2.75, 3.05) is 13.1 Å². The van der Waals surface area contributed by atoms with Crippen molar-refractivity contribution < 1.29 is 4.79 Å². The predicted octanol–water partition coefficient (Wildman–Crippen LogP) is 4.75. The minimum Gasteiger partial charge on any atom is -0.349 e. The Morgan fingerprint density at radius 2 is 1.89 bits per heavy atom. The summed E-state index contributed by atoms with van der Waals surface area (Å²) in [5.41, 5.74) is 3.95. The van der Waals surface area contributed by atoms with E-state index in [4.69, 9.17) is 11.6 Å². The highest BCUT2D eigenvalue weighted by molar-refractivity contribution is 6.30. The number of benzene rings is 2. The zero-order valence-electron chi connectivity index (χ0n) is 15.7. The fourth-order valence-electron chi connectivity index (χ4n) is 4.44. The van der Waals surface area contributed by atoms with Crippen LogP contribution in [0.3, 0.4) is 0 Å². The van der Waals surface area contributed by atoms with Gasteiger partial charge in [-0.1, -0.05) is 48.0 Å². The first-order chi connectivity index (χ1) is 13.2. The Morgan fingerprint density at radius 3 is 2.70 bits per heavy atom.